The smallest absolute Gasteiger partial charge is 0.319 e. The summed E-state index contributed by atoms with van der Waals surface area (Å²) < 4.78 is 1.63. The van der Waals surface area contributed by atoms with Gasteiger partial charge in [0.25, 0.3) is 0 Å². The maximum Gasteiger partial charge on any atom is 0.319 e. The van der Waals surface area contributed by atoms with Gasteiger partial charge in [-0.25, -0.2) is 9.78 Å². The molecule has 0 bridgehead atoms. The zero-order valence-corrected chi connectivity index (χ0v) is 12.8. The Kier molecular flexibility index (Phi) is 3.96. The first-order valence-electron chi connectivity index (χ1n) is 7.08. The molecule has 0 aliphatic carbocycles. The molecule has 8 heteroatoms. The van der Waals surface area contributed by atoms with Crippen LogP contribution in [0.4, 0.5) is 27.8 Å². The van der Waals surface area contributed by atoms with Gasteiger partial charge in [-0.1, -0.05) is 18.2 Å². The highest BCUT2D eigenvalue weighted by molar-refractivity contribution is 5.93. The summed E-state index contributed by atoms with van der Waals surface area (Å²) >= 11 is 0. The second-order valence-corrected chi connectivity index (χ2v) is 4.77. The number of anilines is 4. The average Bonchev–Trinajstić information content (AvgIpc) is 2.98. The van der Waals surface area contributed by atoms with Crippen LogP contribution in [0.15, 0.2) is 42.6 Å². The highest BCUT2D eigenvalue weighted by Crippen LogP contribution is 2.23. The molecular weight excluding hydrogens is 294 g/mol. The van der Waals surface area contributed by atoms with Crippen molar-refractivity contribution in [3.05, 3.63) is 42.6 Å². The summed E-state index contributed by atoms with van der Waals surface area (Å²) in [5, 5.41) is 15.8. The monoisotopic (exact) mass is 311 g/mol. The van der Waals surface area contributed by atoms with Gasteiger partial charge < -0.3 is 21.3 Å². The van der Waals surface area contributed by atoms with Gasteiger partial charge in [-0.3, -0.25) is 0 Å². The number of benzene rings is 1. The lowest BCUT2D eigenvalue weighted by Gasteiger charge is -2.10. The highest BCUT2D eigenvalue weighted by Gasteiger charge is 2.12. The van der Waals surface area contributed by atoms with Crippen molar-refractivity contribution in [1.82, 2.24) is 19.9 Å². The van der Waals surface area contributed by atoms with E-state index in [1.54, 1.807) is 24.8 Å². The Morgan fingerprint density at radius 3 is 2.65 bits per heavy atom. The molecule has 118 valence electrons. The van der Waals surface area contributed by atoms with Gasteiger partial charge in [-0.15, -0.1) is 0 Å². The van der Waals surface area contributed by atoms with Crippen LogP contribution in [0.5, 0.6) is 0 Å². The predicted molar refractivity (Wildman–Crippen MR) is 90.3 cm³/mol. The van der Waals surface area contributed by atoms with Gasteiger partial charge in [-0.2, -0.15) is 9.61 Å². The zero-order chi connectivity index (χ0) is 16.2. The number of carbonyl (C=O) groups excluding carboxylic acids is 1. The lowest BCUT2D eigenvalue weighted by molar-refractivity contribution is 0.254. The van der Waals surface area contributed by atoms with Crippen LogP contribution in [-0.4, -0.2) is 34.7 Å². The fourth-order valence-corrected chi connectivity index (χ4v) is 2.15. The van der Waals surface area contributed by atoms with E-state index >= 15 is 0 Å². The summed E-state index contributed by atoms with van der Waals surface area (Å²) in [6.07, 6.45) is 1.56. The summed E-state index contributed by atoms with van der Waals surface area (Å²) in [4.78, 5) is 16.1. The average molecular weight is 311 g/mol. The maximum atomic E-state index is 11.5. The first-order chi connectivity index (χ1) is 11.2. The molecule has 3 rings (SSSR count). The van der Waals surface area contributed by atoms with Crippen LogP contribution in [0, 0.1) is 0 Å². The number of hydrogen-bond acceptors (Lipinski definition) is 5. The van der Waals surface area contributed by atoms with E-state index in [-0.39, 0.29) is 6.03 Å². The number of aromatic nitrogens is 3. The number of nitrogens with zero attached hydrogens (tertiary/aromatic N) is 3. The van der Waals surface area contributed by atoms with Crippen molar-refractivity contribution in [2.45, 2.75) is 0 Å². The second-order valence-electron chi connectivity index (χ2n) is 4.77. The van der Waals surface area contributed by atoms with Gasteiger partial charge in [0.15, 0.2) is 5.65 Å². The fourth-order valence-electron chi connectivity index (χ4n) is 2.15. The van der Waals surface area contributed by atoms with E-state index in [1.807, 2.05) is 36.4 Å². The van der Waals surface area contributed by atoms with Crippen LogP contribution in [-0.2, 0) is 0 Å². The molecule has 3 aromatic rings. The van der Waals surface area contributed by atoms with Gasteiger partial charge in [0, 0.05) is 25.8 Å². The van der Waals surface area contributed by atoms with Crippen molar-refractivity contribution >= 4 is 34.7 Å². The lowest BCUT2D eigenvalue weighted by Crippen LogP contribution is -2.24. The third kappa shape index (κ3) is 3.00. The molecule has 0 radical (unpaired) electrons. The molecule has 0 saturated carbocycles. The molecule has 23 heavy (non-hydrogen) atoms. The molecule has 2 amide bonds. The number of nitrogens with one attached hydrogen (secondary N) is 4. The van der Waals surface area contributed by atoms with E-state index in [4.69, 9.17) is 0 Å². The Morgan fingerprint density at radius 1 is 1.17 bits per heavy atom. The number of amides is 2. The normalized spacial score (nSPS) is 10.3. The number of fused-ring (bicyclic) bond motifs is 1. The molecule has 0 saturated heterocycles. The number of para-hydroxylation sites is 1. The van der Waals surface area contributed by atoms with Crippen molar-refractivity contribution in [2.75, 3.05) is 30.0 Å². The van der Waals surface area contributed by atoms with Gasteiger partial charge in [0.2, 0.25) is 0 Å². The summed E-state index contributed by atoms with van der Waals surface area (Å²) in [6.45, 7) is 0. The van der Waals surface area contributed by atoms with Crippen molar-refractivity contribution in [1.29, 1.82) is 0 Å². The summed E-state index contributed by atoms with van der Waals surface area (Å²) in [6, 6.07) is 11.2. The van der Waals surface area contributed by atoms with Crippen molar-refractivity contribution < 1.29 is 4.79 Å². The minimum atomic E-state index is -0.325. The molecule has 0 spiro atoms. The number of urea groups is 1. The fraction of sp³-hybridized carbons (Fsp3) is 0.133. The molecule has 0 unspecified atom stereocenters. The number of rotatable bonds is 4. The Hall–Kier alpha value is -3.29. The van der Waals surface area contributed by atoms with Crippen molar-refractivity contribution in [3.63, 3.8) is 0 Å². The van der Waals surface area contributed by atoms with E-state index in [1.165, 1.54) is 0 Å². The molecule has 4 N–H and O–H groups in total. The van der Waals surface area contributed by atoms with Crippen LogP contribution >= 0.6 is 0 Å². The Labute approximate surface area is 132 Å². The number of carbonyl (C=O) groups is 1. The Bertz CT molecular complexity index is 828. The van der Waals surface area contributed by atoms with E-state index in [2.05, 4.69) is 31.3 Å². The van der Waals surface area contributed by atoms with Crippen molar-refractivity contribution in [3.8, 4) is 0 Å². The molecule has 1 aromatic carbocycles. The van der Waals surface area contributed by atoms with Crippen LogP contribution in [0.1, 0.15) is 0 Å². The second kappa shape index (κ2) is 6.22. The topological polar surface area (TPSA) is 95.4 Å². The third-order valence-corrected chi connectivity index (χ3v) is 3.25. The standard InChI is InChI=1S/C15H17N7O/c1-16-13-8-12(19-10-6-4-3-5-7-10)21-14-11(9-18-22(13)14)20-15(23)17-2/h3-9,16H,1-2H3,(H,19,21)(H2,17,20,23). The summed E-state index contributed by atoms with van der Waals surface area (Å²) in [5.74, 6) is 1.40. The minimum absolute atomic E-state index is 0.325. The minimum Gasteiger partial charge on any atom is -0.373 e. The SMILES string of the molecule is CNC(=O)Nc1cnn2c(NC)cc(Nc3ccccc3)nc12. The molecule has 0 fully saturated rings. The Morgan fingerprint density at radius 2 is 1.96 bits per heavy atom. The summed E-state index contributed by atoms with van der Waals surface area (Å²) in [5.41, 5.74) is 1.99. The van der Waals surface area contributed by atoms with E-state index in [0.717, 1.165) is 11.5 Å². The van der Waals surface area contributed by atoms with Crippen LogP contribution in [0.3, 0.4) is 0 Å². The Balaban J connectivity index is 2.02. The van der Waals surface area contributed by atoms with Gasteiger partial charge in [-0.05, 0) is 12.1 Å². The molecule has 2 aromatic heterocycles. The number of hydrogen-bond donors (Lipinski definition) is 4. The summed E-state index contributed by atoms with van der Waals surface area (Å²) in [7, 11) is 3.35. The predicted octanol–water partition coefficient (Wildman–Crippen LogP) is 2.27. The van der Waals surface area contributed by atoms with E-state index < -0.39 is 0 Å². The molecule has 2 heterocycles. The van der Waals surface area contributed by atoms with E-state index in [0.29, 0.717) is 17.2 Å². The van der Waals surface area contributed by atoms with Crippen LogP contribution < -0.4 is 21.3 Å². The van der Waals surface area contributed by atoms with Gasteiger partial charge in [0.05, 0.1) is 6.20 Å². The molecule has 8 nitrogen and oxygen atoms in total. The van der Waals surface area contributed by atoms with Crippen LogP contribution in [0.2, 0.25) is 0 Å². The molecule has 0 atom stereocenters. The first-order valence-corrected chi connectivity index (χ1v) is 7.08. The quantitative estimate of drug-likeness (QED) is 0.593. The van der Waals surface area contributed by atoms with Gasteiger partial charge in [0.1, 0.15) is 17.3 Å². The largest absolute Gasteiger partial charge is 0.373 e. The third-order valence-electron chi connectivity index (χ3n) is 3.25. The molecular formula is C15H17N7O. The lowest BCUT2D eigenvalue weighted by atomic mass is 10.3. The van der Waals surface area contributed by atoms with E-state index in [9.17, 15) is 4.79 Å². The van der Waals surface area contributed by atoms with Gasteiger partial charge >= 0.3 is 6.03 Å². The van der Waals surface area contributed by atoms with Crippen molar-refractivity contribution in [2.24, 2.45) is 0 Å². The van der Waals surface area contributed by atoms with Crippen LogP contribution in [0.25, 0.3) is 5.65 Å². The highest BCUT2D eigenvalue weighted by atomic mass is 16.2. The first kappa shape index (κ1) is 14.6. The zero-order valence-electron chi connectivity index (χ0n) is 12.8. The maximum absolute atomic E-state index is 11.5. The molecule has 0 aliphatic rings. The molecule has 0 aliphatic heterocycles.